The molecule has 0 fully saturated rings. The third kappa shape index (κ3) is 5.51. The summed E-state index contributed by atoms with van der Waals surface area (Å²) in [6, 6.07) is 12.0. The Labute approximate surface area is 231 Å². The van der Waals surface area contributed by atoms with Crippen molar-refractivity contribution < 1.29 is 27.1 Å². The number of aryl methyl sites for hydroxylation is 1. The van der Waals surface area contributed by atoms with Crippen molar-refractivity contribution in [2.75, 3.05) is 11.0 Å². The molecule has 10 nitrogen and oxygen atoms in total. The lowest BCUT2D eigenvalue weighted by molar-refractivity contribution is 0.189. The molecule has 206 valence electrons. The molecule has 0 aliphatic heterocycles. The molecule has 1 unspecified atom stereocenters. The molecule has 0 radical (unpaired) electrons. The topological polar surface area (TPSA) is 139 Å². The third-order valence-electron chi connectivity index (χ3n) is 6.06. The average Bonchev–Trinajstić information content (AvgIpc) is 3.17. The van der Waals surface area contributed by atoms with Crippen LogP contribution in [0.15, 0.2) is 54.6 Å². The number of carboxylic acid groups (broad SMARTS) is 1. The summed E-state index contributed by atoms with van der Waals surface area (Å²) in [7, 11) is -2.11. The van der Waals surface area contributed by atoms with E-state index >= 15 is 0 Å². The van der Waals surface area contributed by atoms with Gasteiger partial charge in [-0.1, -0.05) is 23.7 Å². The number of sulfonamides is 1. The molecule has 0 aliphatic rings. The van der Waals surface area contributed by atoms with Crippen molar-refractivity contribution in [2.45, 2.75) is 12.5 Å². The van der Waals surface area contributed by atoms with Gasteiger partial charge in [0.15, 0.2) is 5.82 Å². The Hall–Kier alpha value is -4.36. The second-order valence-electron chi connectivity index (χ2n) is 9.10. The van der Waals surface area contributed by atoms with Crippen molar-refractivity contribution in [3.8, 4) is 11.3 Å². The van der Waals surface area contributed by atoms with E-state index in [0.29, 0.717) is 27.5 Å². The van der Waals surface area contributed by atoms with E-state index in [1.54, 1.807) is 37.4 Å². The zero-order valence-electron chi connectivity index (χ0n) is 21.0. The second-order valence-corrected chi connectivity index (χ2v) is 11.3. The van der Waals surface area contributed by atoms with Crippen LogP contribution in [0.25, 0.3) is 33.2 Å². The number of fused-ring (bicyclic) bond motifs is 2. The van der Waals surface area contributed by atoms with Gasteiger partial charge in [-0.05, 0) is 48.4 Å². The summed E-state index contributed by atoms with van der Waals surface area (Å²) in [5.41, 5.74) is 2.38. The van der Waals surface area contributed by atoms with Gasteiger partial charge in [0.1, 0.15) is 11.6 Å². The average molecular weight is 587 g/mol. The van der Waals surface area contributed by atoms with E-state index in [1.807, 2.05) is 0 Å². The Morgan fingerprint density at radius 2 is 1.73 bits per heavy atom. The summed E-state index contributed by atoms with van der Waals surface area (Å²) in [5, 5.41) is 16.9. The molecule has 0 bridgehead atoms. The highest BCUT2D eigenvalue weighted by Crippen LogP contribution is 2.39. The maximum absolute atomic E-state index is 14.0. The monoisotopic (exact) mass is 586 g/mol. The maximum atomic E-state index is 14.0. The van der Waals surface area contributed by atoms with Crippen LogP contribution in [0.5, 0.6) is 0 Å². The highest BCUT2D eigenvalue weighted by Gasteiger charge is 2.27. The lowest BCUT2D eigenvalue weighted by atomic mass is 9.97. The van der Waals surface area contributed by atoms with E-state index in [0.717, 1.165) is 24.5 Å². The molecule has 3 aromatic carbocycles. The summed E-state index contributed by atoms with van der Waals surface area (Å²) in [6.07, 6.45) is -0.552. The minimum absolute atomic E-state index is 0.00223. The third-order valence-corrected chi connectivity index (χ3v) is 6.94. The fourth-order valence-corrected chi connectivity index (χ4v) is 5.34. The molecule has 1 atom stereocenters. The Morgan fingerprint density at radius 1 is 1.07 bits per heavy atom. The van der Waals surface area contributed by atoms with E-state index in [1.165, 1.54) is 10.7 Å². The molecule has 0 saturated heterocycles. The van der Waals surface area contributed by atoms with Gasteiger partial charge in [-0.25, -0.2) is 32.0 Å². The molecule has 2 heterocycles. The quantitative estimate of drug-likeness (QED) is 0.243. The first-order valence-electron chi connectivity index (χ1n) is 11.7. The molecule has 5 aromatic rings. The van der Waals surface area contributed by atoms with Gasteiger partial charge in [0.05, 0.1) is 50.6 Å². The fourth-order valence-electron chi connectivity index (χ4n) is 4.60. The van der Waals surface area contributed by atoms with Crippen molar-refractivity contribution in [1.82, 2.24) is 25.1 Å². The minimum atomic E-state index is -3.70. The van der Waals surface area contributed by atoms with Crippen molar-refractivity contribution in [3.05, 3.63) is 82.5 Å². The first kappa shape index (κ1) is 27.2. The summed E-state index contributed by atoms with van der Waals surface area (Å²) in [5.74, 6) is -1.62. The van der Waals surface area contributed by atoms with Gasteiger partial charge < -0.3 is 10.4 Å². The molecule has 1 amide bonds. The predicted molar refractivity (Wildman–Crippen MR) is 147 cm³/mol. The van der Waals surface area contributed by atoms with E-state index in [2.05, 4.69) is 15.1 Å². The number of para-hydroxylation sites is 2. The predicted octanol–water partition coefficient (Wildman–Crippen LogP) is 5.04. The van der Waals surface area contributed by atoms with Crippen LogP contribution < -0.4 is 10.0 Å². The molecular formula is C26H21ClF2N6O4S. The van der Waals surface area contributed by atoms with Gasteiger partial charge in [-0.3, -0.25) is 9.40 Å². The largest absolute Gasteiger partial charge is 0.465 e. The number of nitrogens with zero attached hydrogens (tertiary/aromatic N) is 4. The van der Waals surface area contributed by atoms with E-state index in [-0.39, 0.29) is 34.2 Å². The lowest BCUT2D eigenvalue weighted by Crippen LogP contribution is -2.30. The second kappa shape index (κ2) is 10.3. The number of anilines is 1. The lowest BCUT2D eigenvalue weighted by Gasteiger charge is -2.21. The highest BCUT2D eigenvalue weighted by atomic mass is 35.5. The van der Waals surface area contributed by atoms with E-state index in [9.17, 15) is 27.1 Å². The van der Waals surface area contributed by atoms with Crippen LogP contribution >= 0.6 is 11.6 Å². The smallest absolute Gasteiger partial charge is 0.405 e. The number of hydrogen-bond acceptors (Lipinski definition) is 6. The van der Waals surface area contributed by atoms with Gasteiger partial charge in [0.25, 0.3) is 0 Å². The van der Waals surface area contributed by atoms with Gasteiger partial charge in [0.2, 0.25) is 10.0 Å². The van der Waals surface area contributed by atoms with Crippen molar-refractivity contribution in [1.29, 1.82) is 0 Å². The summed E-state index contributed by atoms with van der Waals surface area (Å²) in [4.78, 5) is 21.4. The van der Waals surface area contributed by atoms with Crippen LogP contribution in [-0.2, 0) is 23.5 Å². The van der Waals surface area contributed by atoms with Gasteiger partial charge in [-0.15, -0.1) is 0 Å². The van der Waals surface area contributed by atoms with Crippen molar-refractivity contribution in [3.63, 3.8) is 0 Å². The molecule has 14 heteroatoms. The Morgan fingerprint density at radius 3 is 2.35 bits per heavy atom. The standard InChI is InChI=1S/C26H21ClF2N6O4S/c1-35-24-16(7-8-17(27)21(24)25(33-35)34-40(2,38)39)22-23(31-19-6-4-3-5-18(19)30-22)20(32-26(36)37)11-13-9-14(28)12-15(29)10-13/h3-10,12,20,32H,11H2,1-2H3,(H,33,34)(H,36,37). The minimum Gasteiger partial charge on any atom is -0.465 e. The molecule has 0 saturated carbocycles. The molecule has 5 rings (SSSR count). The number of aromatic nitrogens is 4. The van der Waals surface area contributed by atoms with Crippen molar-refractivity contribution >= 4 is 55.5 Å². The molecule has 2 aromatic heterocycles. The highest BCUT2D eigenvalue weighted by molar-refractivity contribution is 7.92. The summed E-state index contributed by atoms with van der Waals surface area (Å²) < 4.78 is 55.8. The molecule has 40 heavy (non-hydrogen) atoms. The number of halogens is 3. The number of benzene rings is 3. The van der Waals surface area contributed by atoms with Crippen LogP contribution in [0.1, 0.15) is 17.3 Å². The first-order valence-corrected chi connectivity index (χ1v) is 14.0. The van der Waals surface area contributed by atoms with E-state index < -0.39 is 33.8 Å². The number of amides is 1. The van der Waals surface area contributed by atoms with Gasteiger partial charge in [-0.2, -0.15) is 5.10 Å². The Bertz CT molecular complexity index is 1890. The number of carbonyl (C=O) groups is 1. The number of nitrogens with one attached hydrogen (secondary N) is 2. The Kier molecular flexibility index (Phi) is 7.02. The van der Waals surface area contributed by atoms with Crippen LogP contribution in [-0.4, -0.2) is 45.6 Å². The van der Waals surface area contributed by atoms with E-state index in [4.69, 9.17) is 21.6 Å². The zero-order chi connectivity index (χ0) is 28.8. The molecule has 0 aliphatic carbocycles. The first-order chi connectivity index (χ1) is 18.9. The van der Waals surface area contributed by atoms with Crippen LogP contribution in [0.2, 0.25) is 5.02 Å². The van der Waals surface area contributed by atoms with Crippen molar-refractivity contribution in [2.24, 2.45) is 7.05 Å². The maximum Gasteiger partial charge on any atom is 0.405 e. The van der Waals surface area contributed by atoms with Crippen LogP contribution in [0.4, 0.5) is 19.4 Å². The normalized spacial score (nSPS) is 12.5. The fraction of sp³-hybridized carbons (Fsp3) is 0.154. The Balaban J connectivity index is 1.79. The van der Waals surface area contributed by atoms with Gasteiger partial charge >= 0.3 is 6.09 Å². The molecule has 0 spiro atoms. The number of rotatable bonds is 7. The number of hydrogen-bond donors (Lipinski definition) is 3. The zero-order valence-corrected chi connectivity index (χ0v) is 22.6. The van der Waals surface area contributed by atoms with Crippen LogP contribution in [0, 0.1) is 11.6 Å². The van der Waals surface area contributed by atoms with Crippen LogP contribution in [0.3, 0.4) is 0 Å². The SMILES string of the molecule is Cn1nc(NS(C)(=O)=O)c2c(Cl)ccc(-c3nc4ccccc4nc3C(Cc3cc(F)cc(F)c3)NC(=O)O)c21. The summed E-state index contributed by atoms with van der Waals surface area (Å²) in [6.45, 7) is 0. The van der Waals surface area contributed by atoms with Gasteiger partial charge in [0, 0.05) is 18.7 Å². The molecular weight excluding hydrogens is 566 g/mol. The molecule has 3 N–H and O–H groups in total. The summed E-state index contributed by atoms with van der Waals surface area (Å²) >= 11 is 6.48.